The van der Waals surface area contributed by atoms with Crippen LogP contribution in [0.1, 0.15) is 28.1 Å². The van der Waals surface area contributed by atoms with Crippen molar-refractivity contribution >= 4 is 15.9 Å². The number of benzene rings is 1. The number of amides is 1. The maximum atomic E-state index is 13.1. The lowest BCUT2D eigenvalue weighted by molar-refractivity contribution is -0.125. The number of carbonyl (C=O) groups excluding carboxylic acids is 1. The number of fused-ring (bicyclic) bond motifs is 1. The Balaban J connectivity index is 1.77. The van der Waals surface area contributed by atoms with Gasteiger partial charge >= 0.3 is 0 Å². The van der Waals surface area contributed by atoms with Gasteiger partial charge in [-0.05, 0) is 49.9 Å². The molecule has 1 aliphatic carbocycles. The van der Waals surface area contributed by atoms with E-state index in [0.717, 1.165) is 28.1 Å². The van der Waals surface area contributed by atoms with Gasteiger partial charge in [-0.15, -0.1) is 0 Å². The van der Waals surface area contributed by atoms with Gasteiger partial charge in [0.2, 0.25) is 15.9 Å². The molecule has 9 heteroatoms. The maximum Gasteiger partial charge on any atom is 0.246 e. The molecule has 1 aromatic carbocycles. The summed E-state index contributed by atoms with van der Waals surface area (Å²) in [6.07, 6.45) is 1.30. The number of sulfonamides is 1. The fourth-order valence-corrected chi connectivity index (χ4v) is 4.98. The Morgan fingerprint density at radius 1 is 1.31 bits per heavy atom. The zero-order chi connectivity index (χ0) is 21.3. The van der Waals surface area contributed by atoms with Crippen LogP contribution in [0.4, 0.5) is 0 Å². The van der Waals surface area contributed by atoms with E-state index < -0.39 is 10.0 Å². The summed E-state index contributed by atoms with van der Waals surface area (Å²) < 4.78 is 34.2. The first kappa shape index (κ1) is 21.5. The van der Waals surface area contributed by atoms with Crippen molar-refractivity contribution in [3.63, 3.8) is 0 Å². The Bertz CT molecular complexity index is 1030. The second-order valence-corrected chi connectivity index (χ2v) is 9.62. The summed E-state index contributed by atoms with van der Waals surface area (Å²) in [5.41, 5.74) is 4.72. The number of ether oxygens (including phenoxy) is 1. The molecule has 158 valence electrons. The highest BCUT2D eigenvalue weighted by atomic mass is 32.2. The zero-order valence-corrected chi connectivity index (χ0v) is 18.3. The van der Waals surface area contributed by atoms with Gasteiger partial charge in [0.05, 0.1) is 10.6 Å². The van der Waals surface area contributed by atoms with Crippen molar-refractivity contribution in [2.24, 2.45) is 7.05 Å². The van der Waals surface area contributed by atoms with Gasteiger partial charge in [-0.3, -0.25) is 9.48 Å². The molecule has 1 aromatic heterocycles. The number of aryl methyl sites for hydroxylation is 2. The van der Waals surface area contributed by atoms with Gasteiger partial charge in [0.1, 0.15) is 6.61 Å². The van der Waals surface area contributed by atoms with Gasteiger partial charge in [0.15, 0.2) is 0 Å². The van der Waals surface area contributed by atoms with E-state index in [4.69, 9.17) is 4.74 Å². The Morgan fingerprint density at radius 2 is 2.00 bits per heavy atom. The van der Waals surface area contributed by atoms with E-state index in [1.165, 1.54) is 11.4 Å². The fraction of sp³-hybridized carbons (Fsp3) is 0.500. The van der Waals surface area contributed by atoms with Crippen molar-refractivity contribution in [2.45, 2.75) is 44.2 Å². The van der Waals surface area contributed by atoms with Gasteiger partial charge < -0.3 is 10.1 Å². The summed E-state index contributed by atoms with van der Waals surface area (Å²) in [5.74, 6) is -0.167. The van der Waals surface area contributed by atoms with Crippen LogP contribution in [0.2, 0.25) is 0 Å². The number of hydrogen-bond acceptors (Lipinski definition) is 5. The minimum Gasteiger partial charge on any atom is -0.375 e. The number of hydrogen-bond donors (Lipinski definition) is 1. The summed E-state index contributed by atoms with van der Waals surface area (Å²) in [7, 11) is 1.27. The third-order valence-corrected chi connectivity index (χ3v) is 7.30. The highest BCUT2D eigenvalue weighted by Crippen LogP contribution is 2.27. The summed E-state index contributed by atoms with van der Waals surface area (Å²) in [6, 6.07) is 5.18. The lowest BCUT2D eigenvalue weighted by Crippen LogP contribution is -2.37. The smallest absolute Gasteiger partial charge is 0.246 e. The molecule has 0 bridgehead atoms. The minimum atomic E-state index is -3.64. The summed E-state index contributed by atoms with van der Waals surface area (Å²) in [4.78, 5) is 12.0. The van der Waals surface area contributed by atoms with Crippen LogP contribution in [0, 0.1) is 13.8 Å². The largest absolute Gasteiger partial charge is 0.375 e. The SMILES string of the molecule is COCC(=O)NC1Cc2ccc(S(=O)(=O)N(C)Cc3c(C)nn(C)c3C)cc2C1. The maximum absolute atomic E-state index is 13.1. The molecule has 1 unspecified atom stereocenters. The topological polar surface area (TPSA) is 93.5 Å². The van der Waals surface area contributed by atoms with E-state index in [1.54, 1.807) is 23.9 Å². The molecule has 0 radical (unpaired) electrons. The molecule has 2 aromatic rings. The quantitative estimate of drug-likeness (QED) is 0.724. The van der Waals surface area contributed by atoms with Crippen LogP contribution in [-0.4, -0.2) is 55.2 Å². The Hall–Kier alpha value is -2.23. The van der Waals surface area contributed by atoms with E-state index in [-0.39, 0.29) is 30.0 Å². The van der Waals surface area contributed by atoms with Crippen LogP contribution in [0.5, 0.6) is 0 Å². The molecule has 0 aliphatic heterocycles. The van der Waals surface area contributed by atoms with Crippen LogP contribution in [-0.2, 0) is 46.0 Å². The summed E-state index contributed by atoms with van der Waals surface area (Å²) in [5, 5.41) is 7.28. The lowest BCUT2D eigenvalue weighted by Gasteiger charge is -2.18. The first-order valence-electron chi connectivity index (χ1n) is 9.49. The van der Waals surface area contributed by atoms with Crippen molar-refractivity contribution in [3.05, 3.63) is 46.3 Å². The van der Waals surface area contributed by atoms with Crippen molar-refractivity contribution in [1.82, 2.24) is 19.4 Å². The predicted molar refractivity (Wildman–Crippen MR) is 109 cm³/mol. The van der Waals surface area contributed by atoms with Crippen LogP contribution in [0.25, 0.3) is 0 Å². The normalized spacial score (nSPS) is 16.3. The average Bonchev–Trinajstić information content (AvgIpc) is 3.15. The molecule has 3 rings (SSSR count). The standard InChI is InChI=1S/C20H28N4O4S/c1-13-19(14(2)24(4)22-13)11-23(3)29(26,27)18-7-6-15-8-17(9-16(15)10-18)21-20(25)12-28-5/h6-7,10,17H,8-9,11-12H2,1-5H3,(H,21,25). The summed E-state index contributed by atoms with van der Waals surface area (Å²) in [6.45, 7) is 4.10. The second kappa shape index (κ2) is 8.25. The van der Waals surface area contributed by atoms with Crippen molar-refractivity contribution < 1.29 is 17.9 Å². The Morgan fingerprint density at radius 3 is 2.62 bits per heavy atom. The molecule has 0 fully saturated rings. The van der Waals surface area contributed by atoms with Crippen molar-refractivity contribution in [2.75, 3.05) is 20.8 Å². The number of nitrogens with one attached hydrogen (secondary N) is 1. The number of nitrogens with zero attached hydrogens (tertiary/aromatic N) is 3. The number of rotatable bonds is 7. The molecule has 0 saturated carbocycles. The Kier molecular flexibility index (Phi) is 6.11. The fourth-order valence-electron chi connectivity index (χ4n) is 3.79. The first-order chi connectivity index (χ1) is 13.6. The molecule has 1 N–H and O–H groups in total. The molecule has 0 spiro atoms. The van der Waals surface area contributed by atoms with Crippen LogP contribution in [0.3, 0.4) is 0 Å². The van der Waals surface area contributed by atoms with E-state index in [9.17, 15) is 13.2 Å². The van der Waals surface area contributed by atoms with E-state index in [1.807, 2.05) is 27.0 Å². The minimum absolute atomic E-state index is 0.0183. The molecule has 8 nitrogen and oxygen atoms in total. The van der Waals surface area contributed by atoms with Gasteiger partial charge in [-0.2, -0.15) is 9.40 Å². The molecular formula is C20H28N4O4S. The van der Waals surface area contributed by atoms with Crippen molar-refractivity contribution in [3.8, 4) is 0 Å². The molecule has 1 aliphatic rings. The monoisotopic (exact) mass is 420 g/mol. The van der Waals surface area contributed by atoms with Gasteiger partial charge in [0.25, 0.3) is 0 Å². The van der Waals surface area contributed by atoms with Gasteiger partial charge in [-0.25, -0.2) is 8.42 Å². The molecule has 0 saturated heterocycles. The number of methoxy groups -OCH3 is 1. The lowest BCUT2D eigenvalue weighted by atomic mass is 10.1. The number of aromatic nitrogens is 2. The highest BCUT2D eigenvalue weighted by molar-refractivity contribution is 7.89. The molecule has 29 heavy (non-hydrogen) atoms. The second-order valence-electron chi connectivity index (χ2n) is 7.57. The Labute approximate surface area is 171 Å². The number of carbonyl (C=O) groups is 1. The van der Waals surface area contributed by atoms with Crippen LogP contribution in [0.15, 0.2) is 23.1 Å². The molecule has 1 atom stereocenters. The summed E-state index contributed by atoms with van der Waals surface area (Å²) >= 11 is 0. The van der Waals surface area contributed by atoms with Crippen LogP contribution >= 0.6 is 0 Å². The van der Waals surface area contributed by atoms with Crippen LogP contribution < -0.4 is 5.32 Å². The molecule has 1 amide bonds. The third kappa shape index (κ3) is 4.36. The van der Waals surface area contributed by atoms with E-state index >= 15 is 0 Å². The van der Waals surface area contributed by atoms with Gasteiger partial charge in [0, 0.05) is 45.0 Å². The molecule has 1 heterocycles. The van der Waals surface area contributed by atoms with E-state index in [2.05, 4.69) is 10.4 Å². The highest BCUT2D eigenvalue weighted by Gasteiger charge is 2.28. The average molecular weight is 421 g/mol. The molecular weight excluding hydrogens is 392 g/mol. The predicted octanol–water partition coefficient (Wildman–Crippen LogP) is 1.09. The first-order valence-corrected chi connectivity index (χ1v) is 10.9. The van der Waals surface area contributed by atoms with Gasteiger partial charge in [-0.1, -0.05) is 6.07 Å². The zero-order valence-electron chi connectivity index (χ0n) is 17.5. The third-order valence-electron chi connectivity index (χ3n) is 5.50. The van der Waals surface area contributed by atoms with Crippen molar-refractivity contribution in [1.29, 1.82) is 0 Å². The van der Waals surface area contributed by atoms with E-state index in [0.29, 0.717) is 12.8 Å².